The summed E-state index contributed by atoms with van der Waals surface area (Å²) < 4.78 is 0. The van der Waals surface area contributed by atoms with E-state index in [9.17, 15) is 4.79 Å². The van der Waals surface area contributed by atoms with E-state index in [2.05, 4.69) is 15.3 Å². The second-order valence-electron chi connectivity index (χ2n) is 6.61. The molecule has 4 nitrogen and oxygen atoms in total. The van der Waals surface area contributed by atoms with Gasteiger partial charge in [0.1, 0.15) is 0 Å². The Balaban J connectivity index is 1.48. The molecule has 0 bridgehead atoms. The number of rotatable bonds is 6. The van der Waals surface area contributed by atoms with E-state index in [0.717, 1.165) is 29.2 Å². The molecule has 0 saturated heterocycles. The van der Waals surface area contributed by atoms with Crippen LogP contribution in [-0.4, -0.2) is 15.9 Å². The molecular formula is C20H25N3O. The van der Waals surface area contributed by atoms with Crippen LogP contribution in [0.1, 0.15) is 50.5 Å². The zero-order chi connectivity index (χ0) is 16.6. The first-order valence-electron chi connectivity index (χ1n) is 8.93. The van der Waals surface area contributed by atoms with Crippen molar-refractivity contribution in [3.05, 3.63) is 48.4 Å². The monoisotopic (exact) mass is 323 g/mol. The first kappa shape index (κ1) is 16.6. The third-order valence-electron chi connectivity index (χ3n) is 4.78. The molecule has 1 amide bonds. The van der Waals surface area contributed by atoms with Crippen LogP contribution in [0.25, 0.3) is 11.3 Å². The summed E-state index contributed by atoms with van der Waals surface area (Å²) in [6.07, 6.45) is 13.6. The Morgan fingerprint density at radius 3 is 2.83 bits per heavy atom. The van der Waals surface area contributed by atoms with E-state index in [1.807, 2.05) is 24.3 Å². The van der Waals surface area contributed by atoms with Crippen LogP contribution in [-0.2, 0) is 11.3 Å². The Morgan fingerprint density at radius 1 is 1.17 bits per heavy atom. The highest BCUT2D eigenvalue weighted by Crippen LogP contribution is 2.27. The minimum Gasteiger partial charge on any atom is -0.352 e. The normalized spacial score (nSPS) is 15.2. The summed E-state index contributed by atoms with van der Waals surface area (Å²) >= 11 is 0. The van der Waals surface area contributed by atoms with Crippen molar-refractivity contribution < 1.29 is 4.79 Å². The second-order valence-corrected chi connectivity index (χ2v) is 6.61. The molecule has 2 aromatic heterocycles. The lowest BCUT2D eigenvalue weighted by Gasteiger charge is -2.21. The predicted octanol–water partition coefficient (Wildman–Crippen LogP) is 4.12. The van der Waals surface area contributed by atoms with Gasteiger partial charge in [-0.3, -0.25) is 14.8 Å². The zero-order valence-corrected chi connectivity index (χ0v) is 14.1. The summed E-state index contributed by atoms with van der Waals surface area (Å²) in [5, 5.41) is 3.03. The molecule has 0 spiro atoms. The molecule has 0 aliphatic heterocycles. The molecule has 1 aliphatic rings. The van der Waals surface area contributed by atoms with Gasteiger partial charge in [-0.1, -0.05) is 32.1 Å². The molecule has 126 valence electrons. The van der Waals surface area contributed by atoms with Crippen molar-refractivity contribution in [3.8, 4) is 11.3 Å². The Morgan fingerprint density at radius 2 is 2.04 bits per heavy atom. The first-order valence-corrected chi connectivity index (χ1v) is 8.93. The molecule has 24 heavy (non-hydrogen) atoms. The van der Waals surface area contributed by atoms with Crippen molar-refractivity contribution in [1.29, 1.82) is 0 Å². The quantitative estimate of drug-likeness (QED) is 0.870. The number of nitrogens with zero attached hydrogens (tertiary/aromatic N) is 2. The van der Waals surface area contributed by atoms with Gasteiger partial charge in [-0.15, -0.1) is 0 Å². The van der Waals surface area contributed by atoms with E-state index in [-0.39, 0.29) is 5.91 Å². The molecule has 2 aromatic rings. The predicted molar refractivity (Wildman–Crippen MR) is 95.1 cm³/mol. The molecule has 4 heteroatoms. The van der Waals surface area contributed by atoms with Gasteiger partial charge in [0.15, 0.2) is 0 Å². The van der Waals surface area contributed by atoms with Gasteiger partial charge in [0, 0.05) is 37.1 Å². The average Bonchev–Trinajstić information content (AvgIpc) is 2.66. The van der Waals surface area contributed by atoms with Crippen molar-refractivity contribution in [3.63, 3.8) is 0 Å². The van der Waals surface area contributed by atoms with Crippen LogP contribution in [0.4, 0.5) is 0 Å². The van der Waals surface area contributed by atoms with Gasteiger partial charge >= 0.3 is 0 Å². The maximum Gasteiger partial charge on any atom is 0.220 e. The van der Waals surface area contributed by atoms with Crippen molar-refractivity contribution >= 4 is 5.91 Å². The maximum absolute atomic E-state index is 12.1. The highest BCUT2D eigenvalue weighted by atomic mass is 16.1. The van der Waals surface area contributed by atoms with Crippen molar-refractivity contribution in [2.24, 2.45) is 5.92 Å². The summed E-state index contributed by atoms with van der Waals surface area (Å²) in [5.74, 6) is 0.905. The Hall–Kier alpha value is -2.23. The van der Waals surface area contributed by atoms with Crippen LogP contribution in [0.15, 0.2) is 42.9 Å². The SMILES string of the molecule is O=C(CCC1CCCCC1)NCc1ccnc(-c2cccnc2)c1. The van der Waals surface area contributed by atoms with Crippen molar-refractivity contribution in [2.45, 2.75) is 51.5 Å². The number of aromatic nitrogens is 2. The van der Waals surface area contributed by atoms with Gasteiger partial charge in [-0.2, -0.15) is 0 Å². The third-order valence-corrected chi connectivity index (χ3v) is 4.78. The standard InChI is InChI=1S/C20H25N3O/c24-20(9-8-16-5-2-1-3-6-16)23-14-17-10-12-22-19(13-17)18-7-4-11-21-15-18/h4,7,10-13,15-16H,1-3,5-6,8-9,14H2,(H,23,24). The molecule has 0 aromatic carbocycles. The first-order chi connectivity index (χ1) is 11.8. The summed E-state index contributed by atoms with van der Waals surface area (Å²) in [5.41, 5.74) is 2.94. The number of amides is 1. The molecule has 0 atom stereocenters. The summed E-state index contributed by atoms with van der Waals surface area (Å²) in [4.78, 5) is 20.6. The van der Waals surface area contributed by atoms with Gasteiger partial charge in [0.25, 0.3) is 0 Å². The molecule has 3 rings (SSSR count). The number of carbonyl (C=O) groups excluding carboxylic acids is 1. The summed E-state index contributed by atoms with van der Waals surface area (Å²) in [6, 6.07) is 7.85. The van der Waals surface area contributed by atoms with Crippen molar-refractivity contribution in [2.75, 3.05) is 0 Å². The third kappa shape index (κ3) is 4.88. The lowest BCUT2D eigenvalue weighted by atomic mass is 9.86. The van der Waals surface area contributed by atoms with Crippen LogP contribution < -0.4 is 5.32 Å². The minimum absolute atomic E-state index is 0.153. The second kappa shape index (κ2) is 8.57. The van der Waals surface area contributed by atoms with E-state index in [1.165, 1.54) is 32.1 Å². The molecule has 1 aliphatic carbocycles. The van der Waals surface area contributed by atoms with Crippen LogP contribution in [0.3, 0.4) is 0 Å². The summed E-state index contributed by atoms with van der Waals surface area (Å²) in [7, 11) is 0. The van der Waals surface area contributed by atoms with E-state index < -0.39 is 0 Å². The zero-order valence-electron chi connectivity index (χ0n) is 14.1. The number of carbonyl (C=O) groups is 1. The highest BCUT2D eigenvalue weighted by Gasteiger charge is 2.14. The Labute approximate surface area is 143 Å². The Kier molecular flexibility index (Phi) is 5.94. The molecule has 0 unspecified atom stereocenters. The fraction of sp³-hybridized carbons (Fsp3) is 0.450. The lowest BCUT2D eigenvalue weighted by Crippen LogP contribution is -2.23. The van der Waals surface area contributed by atoms with Crippen LogP contribution >= 0.6 is 0 Å². The van der Waals surface area contributed by atoms with Gasteiger partial charge < -0.3 is 5.32 Å². The average molecular weight is 323 g/mol. The van der Waals surface area contributed by atoms with Gasteiger partial charge in [-0.05, 0) is 42.2 Å². The van der Waals surface area contributed by atoms with Crippen molar-refractivity contribution in [1.82, 2.24) is 15.3 Å². The summed E-state index contributed by atoms with van der Waals surface area (Å²) in [6.45, 7) is 0.555. The molecule has 1 fully saturated rings. The number of hydrogen-bond acceptors (Lipinski definition) is 3. The van der Waals surface area contributed by atoms with E-state index in [4.69, 9.17) is 0 Å². The van der Waals surface area contributed by atoms with E-state index >= 15 is 0 Å². The number of hydrogen-bond donors (Lipinski definition) is 1. The molecule has 2 heterocycles. The smallest absolute Gasteiger partial charge is 0.220 e. The largest absolute Gasteiger partial charge is 0.352 e. The van der Waals surface area contributed by atoms with Gasteiger partial charge in [0.05, 0.1) is 5.69 Å². The molecular weight excluding hydrogens is 298 g/mol. The topological polar surface area (TPSA) is 54.9 Å². The van der Waals surface area contributed by atoms with Gasteiger partial charge in [-0.25, -0.2) is 0 Å². The molecule has 0 radical (unpaired) electrons. The number of pyridine rings is 2. The van der Waals surface area contributed by atoms with Crippen LogP contribution in [0.5, 0.6) is 0 Å². The van der Waals surface area contributed by atoms with E-state index in [1.54, 1.807) is 18.6 Å². The fourth-order valence-electron chi connectivity index (χ4n) is 3.36. The lowest BCUT2D eigenvalue weighted by molar-refractivity contribution is -0.121. The Bertz CT molecular complexity index is 651. The van der Waals surface area contributed by atoms with Gasteiger partial charge in [0.2, 0.25) is 5.91 Å². The minimum atomic E-state index is 0.153. The molecule has 1 saturated carbocycles. The fourth-order valence-corrected chi connectivity index (χ4v) is 3.36. The number of nitrogens with one attached hydrogen (secondary N) is 1. The maximum atomic E-state index is 12.1. The van der Waals surface area contributed by atoms with Crippen LogP contribution in [0, 0.1) is 5.92 Å². The van der Waals surface area contributed by atoms with E-state index in [0.29, 0.717) is 13.0 Å². The molecule has 1 N–H and O–H groups in total. The highest BCUT2D eigenvalue weighted by molar-refractivity contribution is 5.75. The van der Waals surface area contributed by atoms with Crippen LogP contribution in [0.2, 0.25) is 0 Å².